The van der Waals surface area contributed by atoms with Crippen LogP contribution in [0.3, 0.4) is 0 Å². The molecule has 0 amide bonds. The van der Waals surface area contributed by atoms with Crippen molar-refractivity contribution in [1.82, 2.24) is 4.98 Å². The van der Waals surface area contributed by atoms with E-state index in [9.17, 15) is 5.26 Å². The molecule has 2 heterocycles. The summed E-state index contributed by atoms with van der Waals surface area (Å²) in [6.45, 7) is 0. The average Bonchev–Trinajstić information content (AvgIpc) is 3.31. The van der Waals surface area contributed by atoms with Gasteiger partial charge in [-0.15, -0.1) is 0 Å². The van der Waals surface area contributed by atoms with Crippen LogP contribution in [-0.2, 0) is 0 Å². The molecule has 3 nitrogen and oxygen atoms in total. The van der Waals surface area contributed by atoms with E-state index in [1.807, 2.05) is 48.7 Å². The Morgan fingerprint density at radius 2 is 1.37 bits per heavy atom. The maximum absolute atomic E-state index is 9.17. The Morgan fingerprint density at radius 3 is 2.23 bits per heavy atom. The quantitative estimate of drug-likeness (QED) is 0.250. The van der Waals surface area contributed by atoms with Gasteiger partial charge in [0.15, 0.2) is 0 Å². The molecule has 7 aromatic rings. The highest BCUT2D eigenvalue weighted by molar-refractivity contribution is 6.13. The topological polar surface area (TPSA) is 49.8 Å². The molecule has 0 fully saturated rings. The van der Waals surface area contributed by atoms with Crippen molar-refractivity contribution in [3.05, 3.63) is 115 Å². The van der Waals surface area contributed by atoms with Gasteiger partial charge in [0.2, 0.25) is 0 Å². The van der Waals surface area contributed by atoms with Crippen molar-refractivity contribution >= 4 is 43.6 Å². The highest BCUT2D eigenvalue weighted by Gasteiger charge is 2.14. The number of rotatable bonds is 2. The second-order valence-electron chi connectivity index (χ2n) is 8.76. The molecule has 0 unspecified atom stereocenters. The number of furan rings is 1. The van der Waals surface area contributed by atoms with Gasteiger partial charge in [0.25, 0.3) is 0 Å². The predicted molar refractivity (Wildman–Crippen MR) is 142 cm³/mol. The molecule has 5 aromatic carbocycles. The molecule has 35 heavy (non-hydrogen) atoms. The van der Waals surface area contributed by atoms with Crippen LogP contribution in [-0.4, -0.2) is 4.98 Å². The summed E-state index contributed by atoms with van der Waals surface area (Å²) in [4.78, 5) is 4.65. The number of nitriles is 1. The summed E-state index contributed by atoms with van der Waals surface area (Å²) in [7, 11) is 0. The van der Waals surface area contributed by atoms with Crippen LogP contribution < -0.4 is 0 Å². The van der Waals surface area contributed by atoms with Crippen LogP contribution in [0.25, 0.3) is 65.9 Å². The first-order valence-corrected chi connectivity index (χ1v) is 11.5. The maximum atomic E-state index is 9.17. The molecular formula is C32H18N2O. The van der Waals surface area contributed by atoms with Gasteiger partial charge < -0.3 is 4.42 Å². The van der Waals surface area contributed by atoms with Crippen molar-refractivity contribution in [2.45, 2.75) is 0 Å². The average molecular weight is 447 g/mol. The van der Waals surface area contributed by atoms with Crippen LogP contribution in [0.4, 0.5) is 0 Å². The maximum Gasteiger partial charge on any atom is 0.136 e. The molecule has 0 spiro atoms. The van der Waals surface area contributed by atoms with Gasteiger partial charge in [0.1, 0.15) is 11.2 Å². The second kappa shape index (κ2) is 7.55. The standard InChI is InChI=1S/C32H18N2O/c33-19-20-6-8-21(9-7-20)26-4-1-5-30-31(26)28-18-25(14-15-29(28)35-30)24-13-11-22-10-12-23-3-2-16-34-32(23)27(22)17-24/h1-18H. The zero-order valence-corrected chi connectivity index (χ0v) is 18.7. The Morgan fingerprint density at radius 1 is 0.629 bits per heavy atom. The molecule has 0 aliphatic heterocycles. The van der Waals surface area contributed by atoms with E-state index in [2.05, 4.69) is 71.7 Å². The first-order chi connectivity index (χ1) is 17.3. The summed E-state index contributed by atoms with van der Waals surface area (Å²) in [5, 5.41) is 14.8. The number of nitrogens with zero attached hydrogens (tertiary/aromatic N) is 2. The van der Waals surface area contributed by atoms with E-state index in [0.717, 1.165) is 60.5 Å². The molecule has 0 radical (unpaired) electrons. The zero-order chi connectivity index (χ0) is 23.4. The molecule has 3 heteroatoms. The summed E-state index contributed by atoms with van der Waals surface area (Å²) in [6, 6.07) is 37.3. The lowest BCUT2D eigenvalue weighted by Gasteiger charge is -2.08. The second-order valence-corrected chi connectivity index (χ2v) is 8.76. The third-order valence-corrected chi connectivity index (χ3v) is 6.74. The lowest BCUT2D eigenvalue weighted by Crippen LogP contribution is -1.84. The highest BCUT2D eigenvalue weighted by Crippen LogP contribution is 2.39. The Hall–Kier alpha value is -4.94. The lowest BCUT2D eigenvalue weighted by atomic mass is 9.96. The van der Waals surface area contributed by atoms with Crippen molar-refractivity contribution in [3.8, 4) is 28.3 Å². The van der Waals surface area contributed by atoms with Gasteiger partial charge in [-0.3, -0.25) is 4.98 Å². The Bertz CT molecular complexity index is 1960. The van der Waals surface area contributed by atoms with Gasteiger partial charge in [-0.05, 0) is 70.1 Å². The molecule has 0 N–H and O–H groups in total. The summed E-state index contributed by atoms with van der Waals surface area (Å²) >= 11 is 0. The SMILES string of the molecule is N#Cc1ccc(-c2cccc3oc4ccc(-c5ccc6ccc7cccnc7c6c5)cc4c23)cc1. The fourth-order valence-corrected chi connectivity index (χ4v) is 5.01. The molecule has 162 valence electrons. The minimum absolute atomic E-state index is 0.651. The fourth-order valence-electron chi connectivity index (χ4n) is 5.01. The molecule has 0 aliphatic carbocycles. The summed E-state index contributed by atoms with van der Waals surface area (Å²) in [5.41, 5.74) is 7.81. The van der Waals surface area contributed by atoms with Gasteiger partial charge >= 0.3 is 0 Å². The predicted octanol–water partition coefficient (Wildman–Crippen LogP) is 8.49. The monoisotopic (exact) mass is 446 g/mol. The number of fused-ring (bicyclic) bond motifs is 6. The minimum atomic E-state index is 0.651. The van der Waals surface area contributed by atoms with E-state index in [-0.39, 0.29) is 0 Å². The molecule has 7 rings (SSSR count). The Balaban J connectivity index is 1.45. The van der Waals surface area contributed by atoms with Gasteiger partial charge in [0.05, 0.1) is 17.1 Å². The Labute approximate surface area is 201 Å². The molecule has 2 aromatic heterocycles. The molecule has 0 atom stereocenters. The molecule has 0 saturated carbocycles. The third-order valence-electron chi connectivity index (χ3n) is 6.74. The normalized spacial score (nSPS) is 11.4. The third kappa shape index (κ3) is 3.08. The minimum Gasteiger partial charge on any atom is -0.456 e. The molecule has 0 aliphatic rings. The van der Waals surface area contributed by atoms with Crippen molar-refractivity contribution < 1.29 is 4.42 Å². The van der Waals surface area contributed by atoms with Crippen LogP contribution in [0.5, 0.6) is 0 Å². The molecule has 0 bridgehead atoms. The number of pyridine rings is 1. The van der Waals surface area contributed by atoms with Crippen LogP contribution in [0.15, 0.2) is 114 Å². The van der Waals surface area contributed by atoms with E-state index in [1.165, 1.54) is 5.39 Å². The van der Waals surface area contributed by atoms with Crippen LogP contribution in [0, 0.1) is 11.3 Å². The first kappa shape index (κ1) is 19.5. The van der Waals surface area contributed by atoms with Gasteiger partial charge in [-0.1, -0.05) is 60.7 Å². The highest BCUT2D eigenvalue weighted by atomic mass is 16.3. The van der Waals surface area contributed by atoms with Crippen molar-refractivity contribution in [2.24, 2.45) is 0 Å². The van der Waals surface area contributed by atoms with Crippen molar-refractivity contribution in [3.63, 3.8) is 0 Å². The van der Waals surface area contributed by atoms with Gasteiger partial charge in [-0.25, -0.2) is 0 Å². The lowest BCUT2D eigenvalue weighted by molar-refractivity contribution is 0.669. The van der Waals surface area contributed by atoms with Gasteiger partial charge in [0, 0.05) is 27.7 Å². The van der Waals surface area contributed by atoms with Crippen LogP contribution in [0.2, 0.25) is 0 Å². The van der Waals surface area contributed by atoms with E-state index >= 15 is 0 Å². The summed E-state index contributed by atoms with van der Waals surface area (Å²) in [6.07, 6.45) is 1.85. The smallest absolute Gasteiger partial charge is 0.136 e. The summed E-state index contributed by atoms with van der Waals surface area (Å²) < 4.78 is 6.22. The van der Waals surface area contributed by atoms with E-state index in [1.54, 1.807) is 0 Å². The first-order valence-electron chi connectivity index (χ1n) is 11.5. The number of aromatic nitrogens is 1. The van der Waals surface area contributed by atoms with Crippen molar-refractivity contribution in [2.75, 3.05) is 0 Å². The number of benzene rings is 5. The molecule has 0 saturated heterocycles. The number of hydrogen-bond donors (Lipinski definition) is 0. The number of hydrogen-bond acceptors (Lipinski definition) is 3. The van der Waals surface area contributed by atoms with E-state index in [4.69, 9.17) is 4.42 Å². The fraction of sp³-hybridized carbons (Fsp3) is 0. The van der Waals surface area contributed by atoms with Crippen LogP contribution in [0.1, 0.15) is 5.56 Å². The zero-order valence-electron chi connectivity index (χ0n) is 18.7. The Kier molecular flexibility index (Phi) is 4.21. The van der Waals surface area contributed by atoms with E-state index < -0.39 is 0 Å². The molecular weight excluding hydrogens is 428 g/mol. The largest absolute Gasteiger partial charge is 0.456 e. The van der Waals surface area contributed by atoms with Gasteiger partial charge in [-0.2, -0.15) is 5.26 Å². The van der Waals surface area contributed by atoms with Crippen LogP contribution >= 0.6 is 0 Å². The van der Waals surface area contributed by atoms with E-state index in [0.29, 0.717) is 5.56 Å². The van der Waals surface area contributed by atoms with Crippen molar-refractivity contribution in [1.29, 1.82) is 5.26 Å². The summed E-state index contributed by atoms with van der Waals surface area (Å²) in [5.74, 6) is 0.